The van der Waals surface area contributed by atoms with Crippen molar-refractivity contribution in [1.82, 2.24) is 0 Å². The summed E-state index contributed by atoms with van der Waals surface area (Å²) in [5.74, 6) is -0.945. The highest BCUT2D eigenvalue weighted by atomic mass is 32.1. The van der Waals surface area contributed by atoms with Gasteiger partial charge in [-0.05, 0) is 12.5 Å². The van der Waals surface area contributed by atoms with E-state index in [1.54, 1.807) is 0 Å². The number of thiophene rings is 1. The monoisotopic (exact) mass is 228 g/mol. The minimum atomic E-state index is -0.945. The van der Waals surface area contributed by atoms with E-state index in [4.69, 9.17) is 15.6 Å². The lowest BCUT2D eigenvalue weighted by atomic mass is 10.2. The second kappa shape index (κ2) is 4.08. The maximum atomic E-state index is 10.7. The third kappa shape index (κ3) is 2.21. The standard InChI is InChI=1S/C9H12N2O3S/c10-6-3-7(9(12)13)15-8(6)11-4-5-1-2-14-5/h3,5,11H,1-2,4,10H2,(H,12,13)/t5-/m0/s1. The molecule has 0 bridgehead atoms. The Morgan fingerprint density at radius 3 is 3.00 bits per heavy atom. The van der Waals surface area contributed by atoms with Crippen LogP contribution in [0.2, 0.25) is 0 Å². The summed E-state index contributed by atoms with van der Waals surface area (Å²) < 4.78 is 5.23. The average molecular weight is 228 g/mol. The van der Waals surface area contributed by atoms with E-state index in [1.165, 1.54) is 6.07 Å². The zero-order chi connectivity index (χ0) is 10.8. The van der Waals surface area contributed by atoms with Crippen molar-refractivity contribution in [3.8, 4) is 0 Å². The summed E-state index contributed by atoms with van der Waals surface area (Å²) in [5.41, 5.74) is 6.15. The molecule has 0 saturated carbocycles. The number of aromatic carboxylic acids is 1. The molecule has 5 nitrogen and oxygen atoms in total. The third-order valence-electron chi connectivity index (χ3n) is 2.26. The Morgan fingerprint density at radius 1 is 1.80 bits per heavy atom. The van der Waals surface area contributed by atoms with E-state index < -0.39 is 5.97 Å². The zero-order valence-electron chi connectivity index (χ0n) is 8.03. The molecule has 0 spiro atoms. The van der Waals surface area contributed by atoms with E-state index >= 15 is 0 Å². The second-order valence-electron chi connectivity index (χ2n) is 3.36. The first-order chi connectivity index (χ1) is 7.16. The fraction of sp³-hybridized carbons (Fsp3) is 0.444. The fourth-order valence-corrected chi connectivity index (χ4v) is 2.13. The molecular formula is C9H12N2O3S. The Labute approximate surface area is 90.8 Å². The Morgan fingerprint density at radius 2 is 2.53 bits per heavy atom. The molecule has 1 saturated heterocycles. The van der Waals surface area contributed by atoms with E-state index in [9.17, 15) is 4.79 Å². The number of carbonyl (C=O) groups is 1. The van der Waals surface area contributed by atoms with Crippen LogP contribution in [0.5, 0.6) is 0 Å². The van der Waals surface area contributed by atoms with Crippen LogP contribution < -0.4 is 11.1 Å². The van der Waals surface area contributed by atoms with Gasteiger partial charge in [0.05, 0.1) is 11.8 Å². The number of nitrogen functional groups attached to an aromatic ring is 1. The normalized spacial score (nSPS) is 19.6. The minimum Gasteiger partial charge on any atom is -0.477 e. The lowest BCUT2D eigenvalue weighted by Crippen LogP contribution is -2.33. The van der Waals surface area contributed by atoms with Crippen molar-refractivity contribution in [3.63, 3.8) is 0 Å². The van der Waals surface area contributed by atoms with Crippen LogP contribution in [0.1, 0.15) is 16.1 Å². The van der Waals surface area contributed by atoms with Gasteiger partial charge in [-0.15, -0.1) is 11.3 Å². The molecular weight excluding hydrogens is 216 g/mol. The topological polar surface area (TPSA) is 84.6 Å². The highest BCUT2D eigenvalue weighted by Crippen LogP contribution is 2.30. The summed E-state index contributed by atoms with van der Waals surface area (Å²) in [6, 6.07) is 1.47. The number of nitrogens with two attached hydrogens (primary N) is 1. The molecule has 0 unspecified atom stereocenters. The third-order valence-corrected chi connectivity index (χ3v) is 3.35. The van der Waals surface area contributed by atoms with Crippen LogP contribution in [0.4, 0.5) is 10.7 Å². The molecule has 2 heterocycles. The molecule has 15 heavy (non-hydrogen) atoms. The summed E-state index contributed by atoms with van der Waals surface area (Å²) in [4.78, 5) is 10.9. The van der Waals surface area contributed by atoms with E-state index in [2.05, 4.69) is 5.32 Å². The van der Waals surface area contributed by atoms with Crippen molar-refractivity contribution in [1.29, 1.82) is 0 Å². The van der Waals surface area contributed by atoms with Crippen molar-refractivity contribution in [3.05, 3.63) is 10.9 Å². The molecule has 1 aliphatic rings. The van der Waals surface area contributed by atoms with Crippen LogP contribution in [0.15, 0.2) is 6.07 Å². The van der Waals surface area contributed by atoms with Gasteiger partial charge in [0.2, 0.25) is 0 Å². The van der Waals surface area contributed by atoms with Crippen LogP contribution >= 0.6 is 11.3 Å². The Balaban J connectivity index is 1.97. The molecule has 2 rings (SSSR count). The number of anilines is 2. The maximum absolute atomic E-state index is 10.7. The molecule has 4 N–H and O–H groups in total. The predicted molar refractivity (Wildman–Crippen MR) is 58.5 cm³/mol. The minimum absolute atomic E-state index is 0.236. The van der Waals surface area contributed by atoms with Crippen LogP contribution in [-0.4, -0.2) is 30.3 Å². The van der Waals surface area contributed by atoms with Crippen molar-refractivity contribution in [2.24, 2.45) is 0 Å². The summed E-state index contributed by atoms with van der Waals surface area (Å²) in [7, 11) is 0. The van der Waals surface area contributed by atoms with Gasteiger partial charge >= 0.3 is 5.97 Å². The predicted octanol–water partition coefficient (Wildman–Crippen LogP) is 1.23. The smallest absolute Gasteiger partial charge is 0.346 e. The van der Waals surface area contributed by atoms with Crippen molar-refractivity contribution < 1.29 is 14.6 Å². The van der Waals surface area contributed by atoms with Crippen LogP contribution in [0.3, 0.4) is 0 Å². The van der Waals surface area contributed by atoms with Gasteiger partial charge in [0.15, 0.2) is 0 Å². The molecule has 1 fully saturated rings. The van der Waals surface area contributed by atoms with Crippen molar-refractivity contribution >= 4 is 28.0 Å². The number of hydrogen-bond acceptors (Lipinski definition) is 5. The van der Waals surface area contributed by atoms with Gasteiger partial charge in [0, 0.05) is 13.2 Å². The molecule has 6 heteroatoms. The number of ether oxygens (including phenoxy) is 1. The van der Waals surface area contributed by atoms with E-state index in [0.717, 1.165) is 24.4 Å². The van der Waals surface area contributed by atoms with Gasteiger partial charge in [-0.1, -0.05) is 0 Å². The number of carboxylic acids is 1. The van der Waals surface area contributed by atoms with Gasteiger partial charge in [-0.25, -0.2) is 4.79 Å². The molecule has 1 aromatic heterocycles. The Bertz CT molecular complexity index is 373. The van der Waals surface area contributed by atoms with Gasteiger partial charge in [0.25, 0.3) is 0 Å². The summed E-state index contributed by atoms with van der Waals surface area (Å²) in [6.07, 6.45) is 1.28. The molecule has 1 aromatic rings. The van der Waals surface area contributed by atoms with E-state index in [1.807, 2.05) is 0 Å². The number of nitrogens with one attached hydrogen (secondary N) is 1. The molecule has 0 amide bonds. The van der Waals surface area contributed by atoms with Gasteiger partial charge < -0.3 is 20.9 Å². The first-order valence-electron chi connectivity index (χ1n) is 4.65. The van der Waals surface area contributed by atoms with Crippen LogP contribution in [0, 0.1) is 0 Å². The molecule has 0 aromatic carbocycles. The second-order valence-corrected chi connectivity index (χ2v) is 4.41. The fourth-order valence-electron chi connectivity index (χ4n) is 1.30. The van der Waals surface area contributed by atoms with Crippen LogP contribution in [-0.2, 0) is 4.74 Å². The van der Waals surface area contributed by atoms with E-state index in [-0.39, 0.29) is 11.0 Å². The lowest BCUT2D eigenvalue weighted by Gasteiger charge is -2.26. The summed E-state index contributed by atoms with van der Waals surface area (Å²) in [5, 5.41) is 12.6. The average Bonchev–Trinajstić information content (AvgIpc) is 2.45. The van der Waals surface area contributed by atoms with Crippen molar-refractivity contribution in [2.45, 2.75) is 12.5 Å². The molecule has 82 valence electrons. The molecule has 1 aliphatic heterocycles. The highest BCUT2D eigenvalue weighted by Gasteiger charge is 2.19. The highest BCUT2D eigenvalue weighted by molar-refractivity contribution is 7.18. The zero-order valence-corrected chi connectivity index (χ0v) is 8.84. The largest absolute Gasteiger partial charge is 0.477 e. The molecule has 0 radical (unpaired) electrons. The number of carboxylic acid groups (broad SMARTS) is 1. The van der Waals surface area contributed by atoms with Crippen molar-refractivity contribution in [2.75, 3.05) is 24.2 Å². The number of hydrogen-bond donors (Lipinski definition) is 3. The molecule has 1 atom stereocenters. The maximum Gasteiger partial charge on any atom is 0.346 e. The SMILES string of the molecule is Nc1cc(C(=O)O)sc1NC[C@@H]1CCO1. The first-order valence-corrected chi connectivity index (χ1v) is 5.46. The Kier molecular flexibility index (Phi) is 2.79. The number of rotatable bonds is 4. The Hall–Kier alpha value is -1.27. The summed E-state index contributed by atoms with van der Waals surface area (Å²) >= 11 is 1.15. The van der Waals surface area contributed by atoms with Gasteiger partial charge in [-0.3, -0.25) is 0 Å². The first kappa shape index (κ1) is 10.3. The van der Waals surface area contributed by atoms with Gasteiger partial charge in [0.1, 0.15) is 9.88 Å². The summed E-state index contributed by atoms with van der Waals surface area (Å²) in [6.45, 7) is 1.50. The lowest BCUT2D eigenvalue weighted by molar-refractivity contribution is -0.0410. The quantitative estimate of drug-likeness (QED) is 0.721. The van der Waals surface area contributed by atoms with Crippen LogP contribution in [0.25, 0.3) is 0 Å². The molecule has 0 aliphatic carbocycles. The van der Waals surface area contributed by atoms with Gasteiger partial charge in [-0.2, -0.15) is 0 Å². The van der Waals surface area contributed by atoms with E-state index in [0.29, 0.717) is 17.2 Å².